The fourth-order valence-corrected chi connectivity index (χ4v) is 2.13. The van der Waals surface area contributed by atoms with E-state index in [0.717, 1.165) is 0 Å². The van der Waals surface area contributed by atoms with E-state index < -0.39 is 12.0 Å². The first-order valence-electron chi connectivity index (χ1n) is 5.13. The van der Waals surface area contributed by atoms with E-state index in [4.69, 9.17) is 39.5 Å². The Morgan fingerprint density at radius 3 is 2.50 bits per heavy atom. The quantitative estimate of drug-likeness (QED) is 0.519. The molecular weight excluding hydrogens is 300 g/mol. The molecule has 4 nitrogen and oxygen atoms in total. The number of amides is 1. The van der Waals surface area contributed by atoms with Crippen molar-refractivity contribution in [2.75, 3.05) is 0 Å². The van der Waals surface area contributed by atoms with E-state index in [2.05, 4.69) is 5.32 Å². The molecule has 1 aromatic carbocycles. The highest BCUT2D eigenvalue weighted by Crippen LogP contribution is 2.34. The summed E-state index contributed by atoms with van der Waals surface area (Å²) in [6.07, 6.45) is 0.728. The van der Waals surface area contributed by atoms with Crippen molar-refractivity contribution in [1.29, 1.82) is 0 Å². The van der Waals surface area contributed by atoms with E-state index in [1.165, 1.54) is 12.1 Å². The molecule has 1 amide bonds. The minimum atomic E-state index is -0.636. The molecule has 1 saturated heterocycles. The van der Waals surface area contributed by atoms with E-state index in [9.17, 15) is 9.59 Å². The Balaban J connectivity index is 2.12. The minimum Gasteiger partial charge on any atom is -0.423 e. The average Bonchev–Trinajstić information content (AvgIpc) is 2.73. The molecule has 0 spiro atoms. The molecule has 1 aliphatic heterocycles. The molecule has 18 heavy (non-hydrogen) atoms. The Morgan fingerprint density at radius 2 is 1.89 bits per heavy atom. The molecule has 0 bridgehead atoms. The van der Waals surface area contributed by atoms with Crippen LogP contribution < -0.4 is 10.1 Å². The Hall–Kier alpha value is -0.970. The van der Waals surface area contributed by atoms with Gasteiger partial charge in [0.2, 0.25) is 5.91 Å². The van der Waals surface area contributed by atoms with Crippen molar-refractivity contribution in [2.24, 2.45) is 0 Å². The molecule has 1 atom stereocenters. The van der Waals surface area contributed by atoms with Crippen molar-refractivity contribution in [3.05, 3.63) is 27.2 Å². The van der Waals surface area contributed by atoms with Crippen molar-refractivity contribution < 1.29 is 14.3 Å². The van der Waals surface area contributed by atoms with Gasteiger partial charge in [0.05, 0.1) is 15.1 Å². The molecule has 0 unspecified atom stereocenters. The van der Waals surface area contributed by atoms with E-state index in [1.807, 2.05) is 0 Å². The van der Waals surface area contributed by atoms with Gasteiger partial charge in [0.25, 0.3) is 0 Å². The number of carbonyl (C=O) groups is 2. The van der Waals surface area contributed by atoms with Crippen LogP contribution in [0.3, 0.4) is 0 Å². The third-order valence-electron chi connectivity index (χ3n) is 2.47. The fourth-order valence-electron chi connectivity index (χ4n) is 1.55. The van der Waals surface area contributed by atoms with Crippen LogP contribution in [0.25, 0.3) is 0 Å². The van der Waals surface area contributed by atoms with E-state index in [-0.39, 0.29) is 26.7 Å². The summed E-state index contributed by atoms with van der Waals surface area (Å²) < 4.78 is 5.08. The predicted octanol–water partition coefficient (Wildman–Crippen LogP) is 2.83. The summed E-state index contributed by atoms with van der Waals surface area (Å²) >= 11 is 17.4. The minimum absolute atomic E-state index is 0.122. The number of hydrogen-bond acceptors (Lipinski definition) is 3. The van der Waals surface area contributed by atoms with Crippen LogP contribution in [-0.4, -0.2) is 17.9 Å². The monoisotopic (exact) mass is 307 g/mol. The summed E-state index contributed by atoms with van der Waals surface area (Å²) in [5, 5.41) is 3.20. The van der Waals surface area contributed by atoms with Crippen LogP contribution in [0.15, 0.2) is 12.1 Å². The molecule has 1 fully saturated rings. The molecule has 1 heterocycles. The summed E-state index contributed by atoms with van der Waals surface area (Å²) in [6, 6.07) is 2.12. The highest BCUT2D eigenvalue weighted by atomic mass is 35.5. The van der Waals surface area contributed by atoms with Gasteiger partial charge >= 0.3 is 5.97 Å². The first-order chi connectivity index (χ1) is 8.47. The molecule has 1 N–H and O–H groups in total. The first-order valence-corrected chi connectivity index (χ1v) is 6.26. The molecule has 1 aromatic rings. The normalized spacial score (nSPS) is 18.6. The average molecular weight is 309 g/mol. The van der Waals surface area contributed by atoms with Crippen LogP contribution in [-0.2, 0) is 9.59 Å². The molecule has 0 saturated carbocycles. The molecular formula is C11H8Cl3NO3. The number of esters is 1. The van der Waals surface area contributed by atoms with Crippen LogP contribution in [0, 0.1) is 0 Å². The zero-order valence-corrected chi connectivity index (χ0v) is 11.3. The van der Waals surface area contributed by atoms with E-state index >= 15 is 0 Å². The lowest BCUT2D eigenvalue weighted by Gasteiger charge is -2.11. The van der Waals surface area contributed by atoms with Gasteiger partial charge in [-0.15, -0.1) is 0 Å². The Labute approximate surface area is 118 Å². The maximum Gasteiger partial charge on any atom is 0.334 e. The molecule has 0 aromatic heterocycles. The molecule has 2 rings (SSSR count). The van der Waals surface area contributed by atoms with Crippen molar-refractivity contribution in [3.63, 3.8) is 0 Å². The maximum atomic E-state index is 11.7. The van der Waals surface area contributed by atoms with Crippen molar-refractivity contribution in [3.8, 4) is 5.75 Å². The highest BCUT2D eigenvalue weighted by molar-refractivity contribution is 6.43. The number of rotatable bonds is 2. The van der Waals surface area contributed by atoms with Gasteiger partial charge in [-0.05, 0) is 12.5 Å². The second kappa shape index (κ2) is 5.34. The van der Waals surface area contributed by atoms with Crippen molar-refractivity contribution in [2.45, 2.75) is 18.9 Å². The smallest absolute Gasteiger partial charge is 0.334 e. The third-order valence-corrected chi connectivity index (χ3v) is 3.48. The molecule has 96 valence electrons. The Morgan fingerprint density at radius 1 is 1.22 bits per heavy atom. The highest BCUT2D eigenvalue weighted by Gasteiger charge is 2.29. The van der Waals surface area contributed by atoms with Gasteiger partial charge in [0.15, 0.2) is 5.75 Å². The predicted molar refractivity (Wildman–Crippen MR) is 68.3 cm³/mol. The number of halogens is 3. The SMILES string of the molecule is O=C1CC[C@@H](C(=O)Oc2cc(Cl)c(Cl)cc2Cl)N1. The summed E-state index contributed by atoms with van der Waals surface area (Å²) in [7, 11) is 0. The molecule has 1 aliphatic rings. The fraction of sp³-hybridized carbons (Fsp3) is 0.273. The van der Waals surface area contributed by atoms with Gasteiger partial charge in [-0.25, -0.2) is 4.79 Å². The van der Waals surface area contributed by atoms with Gasteiger partial charge < -0.3 is 10.1 Å². The van der Waals surface area contributed by atoms with Gasteiger partial charge in [0.1, 0.15) is 6.04 Å². The van der Waals surface area contributed by atoms with Crippen LogP contribution in [0.2, 0.25) is 15.1 Å². The van der Waals surface area contributed by atoms with Crippen molar-refractivity contribution in [1.82, 2.24) is 5.32 Å². The number of hydrogen-bond donors (Lipinski definition) is 1. The number of nitrogens with one attached hydrogen (secondary N) is 1. The summed E-state index contributed by atoms with van der Waals surface area (Å²) in [4.78, 5) is 22.7. The van der Waals surface area contributed by atoms with Crippen molar-refractivity contribution >= 4 is 46.7 Å². The number of benzene rings is 1. The second-order valence-electron chi connectivity index (χ2n) is 3.78. The summed E-state index contributed by atoms with van der Waals surface area (Å²) in [5.74, 6) is -0.615. The third kappa shape index (κ3) is 2.88. The standard InChI is InChI=1S/C11H8Cl3NO3/c12-5-3-7(14)9(4-6(5)13)18-11(17)8-1-2-10(16)15-8/h3-4,8H,1-2H2,(H,15,16)/t8-/m0/s1. The lowest BCUT2D eigenvalue weighted by molar-refractivity contribution is -0.137. The molecule has 0 radical (unpaired) electrons. The number of ether oxygens (including phenoxy) is 1. The molecule has 7 heteroatoms. The van der Waals surface area contributed by atoms with Crippen LogP contribution in [0.4, 0.5) is 0 Å². The lowest BCUT2D eigenvalue weighted by Crippen LogP contribution is -2.36. The molecule has 0 aliphatic carbocycles. The Bertz CT molecular complexity index is 519. The topological polar surface area (TPSA) is 55.4 Å². The summed E-state index contributed by atoms with van der Waals surface area (Å²) in [6.45, 7) is 0. The van der Waals surface area contributed by atoms with Crippen LogP contribution in [0.1, 0.15) is 12.8 Å². The number of carbonyl (C=O) groups excluding carboxylic acids is 2. The summed E-state index contributed by atoms with van der Waals surface area (Å²) in [5.41, 5.74) is 0. The first kappa shape index (κ1) is 13.5. The lowest BCUT2D eigenvalue weighted by atomic mass is 10.2. The van der Waals surface area contributed by atoms with Crippen LogP contribution in [0.5, 0.6) is 5.75 Å². The van der Waals surface area contributed by atoms with Gasteiger partial charge in [-0.1, -0.05) is 34.8 Å². The van der Waals surface area contributed by atoms with E-state index in [0.29, 0.717) is 12.8 Å². The zero-order valence-electron chi connectivity index (χ0n) is 9.00. The van der Waals surface area contributed by atoms with Crippen LogP contribution >= 0.6 is 34.8 Å². The van der Waals surface area contributed by atoms with Gasteiger partial charge in [-0.3, -0.25) is 4.79 Å². The largest absolute Gasteiger partial charge is 0.423 e. The zero-order chi connectivity index (χ0) is 13.3. The van der Waals surface area contributed by atoms with Gasteiger partial charge in [0, 0.05) is 12.5 Å². The maximum absolute atomic E-state index is 11.7. The second-order valence-corrected chi connectivity index (χ2v) is 5.00. The van der Waals surface area contributed by atoms with Gasteiger partial charge in [-0.2, -0.15) is 0 Å². The Kier molecular flexibility index (Phi) is 4.00. The van der Waals surface area contributed by atoms with E-state index in [1.54, 1.807) is 0 Å².